The van der Waals surface area contributed by atoms with E-state index in [1.165, 1.54) is 22.5 Å². The minimum absolute atomic E-state index is 0.675. The molecule has 16 heavy (non-hydrogen) atoms. The molecule has 2 aromatic rings. The molecule has 0 atom stereocenters. The maximum Gasteiger partial charge on any atom is 0.0485 e. The zero-order chi connectivity index (χ0) is 11.5. The Morgan fingerprint density at radius 2 is 1.81 bits per heavy atom. The van der Waals surface area contributed by atoms with Gasteiger partial charge in [-0.3, -0.25) is 0 Å². The van der Waals surface area contributed by atoms with Gasteiger partial charge in [-0.1, -0.05) is 24.3 Å². The minimum atomic E-state index is 0.675. The maximum absolute atomic E-state index is 5.65. The average Bonchev–Trinajstić information content (AvgIpc) is 2.62. The molecule has 0 spiro atoms. The van der Waals surface area contributed by atoms with Gasteiger partial charge in [-0.2, -0.15) is 0 Å². The van der Waals surface area contributed by atoms with Gasteiger partial charge in [-0.15, -0.1) is 0 Å². The highest BCUT2D eigenvalue weighted by molar-refractivity contribution is 5.64. The standard InChI is InChI=1S/C14H18N2/c1-11-5-3-4-6-13(11)14-8-7-12(2)16(14)10-9-15/h3-8H,9-10,15H2,1-2H3. The molecule has 0 saturated heterocycles. The molecule has 2 nitrogen and oxygen atoms in total. The lowest BCUT2D eigenvalue weighted by Gasteiger charge is -2.12. The second-order valence-electron chi connectivity index (χ2n) is 4.12. The Labute approximate surface area is 96.7 Å². The van der Waals surface area contributed by atoms with Crippen molar-refractivity contribution in [1.29, 1.82) is 0 Å². The van der Waals surface area contributed by atoms with Gasteiger partial charge in [0.05, 0.1) is 0 Å². The quantitative estimate of drug-likeness (QED) is 0.836. The number of aromatic nitrogens is 1. The van der Waals surface area contributed by atoms with Crippen molar-refractivity contribution in [3.63, 3.8) is 0 Å². The topological polar surface area (TPSA) is 30.9 Å². The zero-order valence-corrected chi connectivity index (χ0v) is 9.90. The normalized spacial score (nSPS) is 10.7. The number of hydrogen-bond donors (Lipinski definition) is 1. The van der Waals surface area contributed by atoms with Crippen LogP contribution >= 0.6 is 0 Å². The van der Waals surface area contributed by atoms with Crippen LogP contribution in [0.5, 0.6) is 0 Å². The van der Waals surface area contributed by atoms with Gasteiger partial charge >= 0.3 is 0 Å². The number of benzene rings is 1. The Hall–Kier alpha value is -1.54. The monoisotopic (exact) mass is 214 g/mol. The molecular formula is C14H18N2. The molecule has 0 unspecified atom stereocenters. The van der Waals surface area contributed by atoms with Crippen LogP contribution in [0.15, 0.2) is 36.4 Å². The van der Waals surface area contributed by atoms with E-state index in [4.69, 9.17) is 5.73 Å². The van der Waals surface area contributed by atoms with Gasteiger partial charge in [0.15, 0.2) is 0 Å². The first-order valence-corrected chi connectivity index (χ1v) is 5.66. The molecule has 0 aliphatic carbocycles. The van der Waals surface area contributed by atoms with Crippen LogP contribution in [0, 0.1) is 13.8 Å². The van der Waals surface area contributed by atoms with E-state index in [2.05, 4.69) is 54.8 Å². The molecule has 0 saturated carbocycles. The van der Waals surface area contributed by atoms with Crippen molar-refractivity contribution >= 4 is 0 Å². The molecule has 1 aromatic heterocycles. The molecule has 1 aromatic carbocycles. The van der Waals surface area contributed by atoms with Crippen molar-refractivity contribution in [2.45, 2.75) is 20.4 Å². The minimum Gasteiger partial charge on any atom is -0.344 e. The summed E-state index contributed by atoms with van der Waals surface area (Å²) in [6.07, 6.45) is 0. The van der Waals surface area contributed by atoms with E-state index in [-0.39, 0.29) is 0 Å². The SMILES string of the molecule is Cc1ccccc1-c1ccc(C)n1CCN. The molecular weight excluding hydrogens is 196 g/mol. The van der Waals surface area contributed by atoms with E-state index in [9.17, 15) is 0 Å². The van der Waals surface area contributed by atoms with Crippen molar-refractivity contribution < 1.29 is 0 Å². The highest BCUT2D eigenvalue weighted by Gasteiger charge is 2.08. The van der Waals surface area contributed by atoms with E-state index in [0.717, 1.165) is 6.54 Å². The van der Waals surface area contributed by atoms with Crippen LogP contribution in [-0.2, 0) is 6.54 Å². The second kappa shape index (κ2) is 4.54. The molecule has 0 bridgehead atoms. The molecule has 0 radical (unpaired) electrons. The van der Waals surface area contributed by atoms with Crippen LogP contribution in [0.3, 0.4) is 0 Å². The summed E-state index contributed by atoms with van der Waals surface area (Å²) in [4.78, 5) is 0. The molecule has 0 fully saturated rings. The fourth-order valence-corrected chi connectivity index (χ4v) is 2.09. The largest absolute Gasteiger partial charge is 0.344 e. The molecule has 1 heterocycles. The van der Waals surface area contributed by atoms with E-state index < -0.39 is 0 Å². The van der Waals surface area contributed by atoms with E-state index in [0.29, 0.717) is 6.54 Å². The molecule has 2 rings (SSSR count). The van der Waals surface area contributed by atoms with Gasteiger partial charge in [0.1, 0.15) is 0 Å². The molecule has 0 aliphatic rings. The predicted molar refractivity (Wildman–Crippen MR) is 68.4 cm³/mol. The Morgan fingerprint density at radius 3 is 2.50 bits per heavy atom. The molecule has 2 heteroatoms. The lowest BCUT2D eigenvalue weighted by atomic mass is 10.1. The summed E-state index contributed by atoms with van der Waals surface area (Å²) in [6, 6.07) is 12.8. The predicted octanol–water partition coefficient (Wildman–Crippen LogP) is 2.73. The van der Waals surface area contributed by atoms with Crippen molar-refractivity contribution in [2.24, 2.45) is 5.73 Å². The fraction of sp³-hybridized carbons (Fsp3) is 0.286. The van der Waals surface area contributed by atoms with Gasteiger partial charge in [0, 0.05) is 30.0 Å². The van der Waals surface area contributed by atoms with Crippen LogP contribution in [0.25, 0.3) is 11.3 Å². The van der Waals surface area contributed by atoms with Gasteiger partial charge in [-0.05, 0) is 31.5 Å². The third-order valence-corrected chi connectivity index (χ3v) is 2.97. The van der Waals surface area contributed by atoms with Crippen molar-refractivity contribution in [2.75, 3.05) is 6.54 Å². The summed E-state index contributed by atoms with van der Waals surface area (Å²) in [5.41, 5.74) is 10.8. The zero-order valence-electron chi connectivity index (χ0n) is 9.90. The summed E-state index contributed by atoms with van der Waals surface area (Å²) in [6.45, 7) is 5.82. The summed E-state index contributed by atoms with van der Waals surface area (Å²) in [5, 5.41) is 0. The number of nitrogens with zero attached hydrogens (tertiary/aromatic N) is 1. The van der Waals surface area contributed by atoms with Crippen LogP contribution in [0.2, 0.25) is 0 Å². The van der Waals surface area contributed by atoms with Crippen molar-refractivity contribution in [1.82, 2.24) is 4.57 Å². The third kappa shape index (κ3) is 1.89. The highest BCUT2D eigenvalue weighted by Crippen LogP contribution is 2.25. The summed E-state index contributed by atoms with van der Waals surface area (Å²) in [5.74, 6) is 0. The van der Waals surface area contributed by atoms with Crippen molar-refractivity contribution in [3.05, 3.63) is 47.7 Å². The number of hydrogen-bond acceptors (Lipinski definition) is 1. The van der Waals surface area contributed by atoms with Crippen LogP contribution in [0.1, 0.15) is 11.3 Å². The Morgan fingerprint density at radius 1 is 1.06 bits per heavy atom. The van der Waals surface area contributed by atoms with E-state index in [1.54, 1.807) is 0 Å². The van der Waals surface area contributed by atoms with E-state index in [1.807, 2.05) is 0 Å². The molecule has 2 N–H and O–H groups in total. The lowest BCUT2D eigenvalue weighted by Crippen LogP contribution is -2.12. The van der Waals surface area contributed by atoms with Gasteiger partial charge < -0.3 is 10.3 Å². The highest BCUT2D eigenvalue weighted by atomic mass is 15.0. The first-order chi connectivity index (χ1) is 7.74. The fourth-order valence-electron chi connectivity index (χ4n) is 2.09. The lowest BCUT2D eigenvalue weighted by molar-refractivity contribution is 0.700. The number of rotatable bonds is 3. The van der Waals surface area contributed by atoms with Crippen LogP contribution in [0.4, 0.5) is 0 Å². The van der Waals surface area contributed by atoms with Gasteiger partial charge in [0.25, 0.3) is 0 Å². The summed E-state index contributed by atoms with van der Waals surface area (Å²) >= 11 is 0. The van der Waals surface area contributed by atoms with Gasteiger partial charge in [-0.25, -0.2) is 0 Å². The third-order valence-electron chi connectivity index (χ3n) is 2.97. The Bertz CT molecular complexity index is 483. The molecule has 84 valence electrons. The average molecular weight is 214 g/mol. The summed E-state index contributed by atoms with van der Waals surface area (Å²) < 4.78 is 2.28. The molecule has 0 amide bonds. The van der Waals surface area contributed by atoms with E-state index >= 15 is 0 Å². The van der Waals surface area contributed by atoms with Crippen LogP contribution in [-0.4, -0.2) is 11.1 Å². The van der Waals surface area contributed by atoms with Crippen LogP contribution < -0.4 is 5.73 Å². The second-order valence-corrected chi connectivity index (χ2v) is 4.12. The smallest absolute Gasteiger partial charge is 0.0485 e. The number of nitrogens with two attached hydrogens (primary N) is 1. The number of aryl methyl sites for hydroxylation is 2. The summed E-state index contributed by atoms with van der Waals surface area (Å²) in [7, 11) is 0. The Kier molecular flexibility index (Phi) is 3.11. The maximum atomic E-state index is 5.65. The first kappa shape index (κ1) is 11.0. The van der Waals surface area contributed by atoms with Crippen molar-refractivity contribution in [3.8, 4) is 11.3 Å². The first-order valence-electron chi connectivity index (χ1n) is 5.66. The Balaban J connectivity index is 2.52. The molecule has 0 aliphatic heterocycles. The van der Waals surface area contributed by atoms with Gasteiger partial charge in [0.2, 0.25) is 0 Å².